The lowest BCUT2D eigenvalue weighted by Gasteiger charge is -2.17. The Morgan fingerprint density at radius 3 is 2.58 bits per heavy atom. The highest BCUT2D eigenvalue weighted by Crippen LogP contribution is 2.33. The molecular weight excluding hydrogens is 308 g/mol. The highest BCUT2D eigenvalue weighted by atomic mass is 16.5. The van der Waals surface area contributed by atoms with Crippen LogP contribution in [0.5, 0.6) is 0 Å². The van der Waals surface area contributed by atoms with E-state index in [2.05, 4.69) is 15.4 Å². The normalized spacial score (nSPS) is 14.9. The SMILES string of the molecule is COC(=O)CNC(=O)[C@H](CC1CC1)NC(=O)/C=C/c1ccccc1. The molecule has 1 aliphatic carbocycles. The Balaban J connectivity index is 1.89. The molecule has 0 aromatic heterocycles. The lowest BCUT2D eigenvalue weighted by atomic mass is 10.1. The second kappa shape index (κ2) is 8.86. The minimum Gasteiger partial charge on any atom is -0.468 e. The van der Waals surface area contributed by atoms with E-state index in [1.165, 1.54) is 13.2 Å². The van der Waals surface area contributed by atoms with E-state index in [-0.39, 0.29) is 18.4 Å². The summed E-state index contributed by atoms with van der Waals surface area (Å²) >= 11 is 0. The second-order valence-electron chi connectivity index (χ2n) is 5.78. The molecule has 2 amide bonds. The minimum absolute atomic E-state index is 0.202. The summed E-state index contributed by atoms with van der Waals surface area (Å²) in [5.41, 5.74) is 0.904. The van der Waals surface area contributed by atoms with Gasteiger partial charge in [0.2, 0.25) is 11.8 Å². The molecule has 0 aliphatic heterocycles. The highest BCUT2D eigenvalue weighted by Gasteiger charge is 2.30. The zero-order chi connectivity index (χ0) is 17.4. The number of carbonyl (C=O) groups excluding carboxylic acids is 3. The summed E-state index contributed by atoms with van der Waals surface area (Å²) in [7, 11) is 1.26. The Bertz CT molecular complexity index is 609. The third kappa shape index (κ3) is 6.24. The van der Waals surface area contributed by atoms with Crippen molar-refractivity contribution in [2.75, 3.05) is 13.7 Å². The number of rotatable bonds is 8. The van der Waals surface area contributed by atoms with Crippen LogP contribution >= 0.6 is 0 Å². The first-order valence-corrected chi connectivity index (χ1v) is 7.96. The maximum Gasteiger partial charge on any atom is 0.325 e. The predicted molar refractivity (Wildman–Crippen MR) is 89.8 cm³/mol. The molecule has 0 heterocycles. The van der Waals surface area contributed by atoms with Crippen molar-refractivity contribution in [1.29, 1.82) is 0 Å². The average Bonchev–Trinajstić information content (AvgIpc) is 3.42. The number of methoxy groups -OCH3 is 1. The fourth-order valence-corrected chi connectivity index (χ4v) is 2.23. The molecule has 1 aromatic rings. The van der Waals surface area contributed by atoms with E-state index < -0.39 is 12.0 Å². The van der Waals surface area contributed by atoms with Gasteiger partial charge in [0.25, 0.3) is 0 Å². The Labute approximate surface area is 141 Å². The molecule has 1 atom stereocenters. The van der Waals surface area contributed by atoms with Crippen molar-refractivity contribution in [3.63, 3.8) is 0 Å². The van der Waals surface area contributed by atoms with Crippen molar-refractivity contribution in [2.45, 2.75) is 25.3 Å². The van der Waals surface area contributed by atoms with Gasteiger partial charge in [0, 0.05) is 6.08 Å². The van der Waals surface area contributed by atoms with Gasteiger partial charge in [-0.05, 0) is 24.0 Å². The maximum absolute atomic E-state index is 12.2. The van der Waals surface area contributed by atoms with Gasteiger partial charge in [0.15, 0.2) is 0 Å². The quantitative estimate of drug-likeness (QED) is 0.555. The number of hydrogen-bond acceptors (Lipinski definition) is 4. The molecule has 1 fully saturated rings. The number of benzene rings is 1. The number of esters is 1. The molecule has 0 unspecified atom stereocenters. The van der Waals surface area contributed by atoms with Crippen LogP contribution < -0.4 is 10.6 Å². The summed E-state index contributed by atoms with van der Waals surface area (Å²) in [6.07, 6.45) is 5.81. The van der Waals surface area contributed by atoms with E-state index in [0.717, 1.165) is 18.4 Å². The lowest BCUT2D eigenvalue weighted by molar-refractivity contribution is -0.141. The second-order valence-corrected chi connectivity index (χ2v) is 5.78. The number of amides is 2. The van der Waals surface area contributed by atoms with E-state index >= 15 is 0 Å². The average molecular weight is 330 g/mol. The summed E-state index contributed by atoms with van der Waals surface area (Å²) in [6.45, 7) is -0.202. The number of hydrogen-bond donors (Lipinski definition) is 2. The Morgan fingerprint density at radius 2 is 1.96 bits per heavy atom. The molecule has 24 heavy (non-hydrogen) atoms. The molecule has 1 aromatic carbocycles. The van der Waals surface area contributed by atoms with Crippen LogP contribution in [0.1, 0.15) is 24.8 Å². The van der Waals surface area contributed by atoms with Crippen LogP contribution in [-0.4, -0.2) is 37.5 Å². The number of carbonyl (C=O) groups is 3. The van der Waals surface area contributed by atoms with E-state index in [1.54, 1.807) is 6.08 Å². The van der Waals surface area contributed by atoms with Gasteiger partial charge < -0.3 is 15.4 Å². The van der Waals surface area contributed by atoms with Crippen molar-refractivity contribution in [3.05, 3.63) is 42.0 Å². The molecule has 128 valence electrons. The van der Waals surface area contributed by atoms with E-state index in [9.17, 15) is 14.4 Å². The molecule has 0 bridgehead atoms. The fourth-order valence-electron chi connectivity index (χ4n) is 2.23. The zero-order valence-corrected chi connectivity index (χ0v) is 13.7. The summed E-state index contributed by atoms with van der Waals surface area (Å²) in [4.78, 5) is 35.4. The molecule has 2 rings (SSSR count). The highest BCUT2D eigenvalue weighted by molar-refractivity contribution is 5.96. The lowest BCUT2D eigenvalue weighted by Crippen LogP contribution is -2.47. The molecule has 0 saturated heterocycles. The van der Waals surface area contributed by atoms with Crippen molar-refractivity contribution in [2.24, 2.45) is 5.92 Å². The van der Waals surface area contributed by atoms with Gasteiger partial charge in [0.1, 0.15) is 12.6 Å². The Morgan fingerprint density at radius 1 is 1.25 bits per heavy atom. The topological polar surface area (TPSA) is 84.5 Å². The molecule has 1 saturated carbocycles. The fraction of sp³-hybridized carbons (Fsp3) is 0.389. The standard InChI is InChI=1S/C18H22N2O4/c1-24-17(22)12-19-18(23)15(11-14-7-8-14)20-16(21)10-9-13-5-3-2-4-6-13/h2-6,9-10,14-15H,7-8,11-12H2,1H3,(H,19,23)(H,20,21)/b10-9+/t15-/m0/s1. The molecule has 6 heteroatoms. The van der Waals surface area contributed by atoms with Gasteiger partial charge in [-0.3, -0.25) is 14.4 Å². The van der Waals surface area contributed by atoms with Crippen molar-refractivity contribution in [1.82, 2.24) is 10.6 Å². The van der Waals surface area contributed by atoms with Crippen LogP contribution in [0.2, 0.25) is 0 Å². The summed E-state index contributed by atoms with van der Waals surface area (Å²) in [5.74, 6) is -0.771. The first-order chi connectivity index (χ1) is 11.6. The van der Waals surface area contributed by atoms with Crippen LogP contribution in [0.15, 0.2) is 36.4 Å². The number of ether oxygens (including phenoxy) is 1. The third-order valence-corrected chi connectivity index (χ3v) is 3.76. The van der Waals surface area contributed by atoms with Gasteiger partial charge in [-0.25, -0.2) is 0 Å². The van der Waals surface area contributed by atoms with Gasteiger partial charge in [-0.1, -0.05) is 43.2 Å². The minimum atomic E-state index is -0.643. The molecule has 1 aliphatic rings. The van der Waals surface area contributed by atoms with Crippen LogP contribution in [0.3, 0.4) is 0 Å². The molecule has 2 N–H and O–H groups in total. The molecule has 6 nitrogen and oxygen atoms in total. The largest absolute Gasteiger partial charge is 0.468 e. The summed E-state index contributed by atoms with van der Waals surface area (Å²) in [6, 6.07) is 8.79. The van der Waals surface area contributed by atoms with Gasteiger partial charge >= 0.3 is 5.97 Å². The third-order valence-electron chi connectivity index (χ3n) is 3.76. The van der Waals surface area contributed by atoms with Crippen LogP contribution in [0, 0.1) is 5.92 Å². The molecule has 0 spiro atoms. The first-order valence-electron chi connectivity index (χ1n) is 7.96. The Kier molecular flexibility index (Phi) is 6.54. The monoisotopic (exact) mass is 330 g/mol. The van der Waals surface area contributed by atoms with Crippen molar-refractivity contribution < 1.29 is 19.1 Å². The van der Waals surface area contributed by atoms with Gasteiger partial charge in [-0.15, -0.1) is 0 Å². The van der Waals surface area contributed by atoms with Crippen LogP contribution in [-0.2, 0) is 19.1 Å². The zero-order valence-electron chi connectivity index (χ0n) is 13.7. The van der Waals surface area contributed by atoms with E-state index in [0.29, 0.717) is 12.3 Å². The number of nitrogens with one attached hydrogen (secondary N) is 2. The van der Waals surface area contributed by atoms with Crippen LogP contribution in [0.25, 0.3) is 6.08 Å². The smallest absolute Gasteiger partial charge is 0.325 e. The van der Waals surface area contributed by atoms with Crippen LogP contribution in [0.4, 0.5) is 0 Å². The summed E-state index contributed by atoms with van der Waals surface area (Å²) < 4.78 is 4.49. The molecular formula is C18H22N2O4. The van der Waals surface area contributed by atoms with Crippen molar-refractivity contribution >= 4 is 23.9 Å². The Hall–Kier alpha value is -2.63. The maximum atomic E-state index is 12.2. The van der Waals surface area contributed by atoms with Gasteiger partial charge in [-0.2, -0.15) is 0 Å². The van der Waals surface area contributed by atoms with E-state index in [4.69, 9.17) is 0 Å². The van der Waals surface area contributed by atoms with Crippen molar-refractivity contribution in [3.8, 4) is 0 Å². The predicted octanol–water partition coefficient (Wildman–Crippen LogP) is 1.27. The first kappa shape index (κ1) is 17.7. The molecule has 0 radical (unpaired) electrons. The van der Waals surface area contributed by atoms with Gasteiger partial charge in [0.05, 0.1) is 7.11 Å². The van der Waals surface area contributed by atoms with E-state index in [1.807, 2.05) is 30.3 Å². The summed E-state index contributed by atoms with van der Waals surface area (Å²) in [5, 5.41) is 5.20.